The molecule has 3 rings (SSSR count). The van der Waals surface area contributed by atoms with Crippen molar-refractivity contribution in [2.75, 3.05) is 6.61 Å². The van der Waals surface area contributed by atoms with Crippen LogP contribution < -0.4 is 11.5 Å². The molecule has 14 heteroatoms. The number of nitrogens with two attached hydrogens (primary N) is 2. The molecule has 6 N–H and O–H groups in total. The van der Waals surface area contributed by atoms with Crippen molar-refractivity contribution in [1.82, 2.24) is 4.98 Å². The van der Waals surface area contributed by atoms with Crippen LogP contribution in [0.1, 0.15) is 38.7 Å². The first kappa shape index (κ1) is 29.0. The van der Waals surface area contributed by atoms with Gasteiger partial charge in [-0.05, 0) is 30.7 Å². The highest BCUT2D eigenvalue weighted by atomic mass is 32.1. The summed E-state index contributed by atoms with van der Waals surface area (Å²) in [4.78, 5) is 45.8. The molecule has 0 radical (unpaired) electrons. The first-order valence-electron chi connectivity index (χ1n) is 9.48. The minimum atomic E-state index is -5.08. The Kier molecular flexibility index (Phi) is 10.8. The van der Waals surface area contributed by atoms with Crippen LogP contribution in [0.15, 0.2) is 48.5 Å². The number of carboxylic acid groups (broad SMARTS) is 2. The van der Waals surface area contributed by atoms with E-state index in [0.29, 0.717) is 23.3 Å². The van der Waals surface area contributed by atoms with Crippen LogP contribution in [0.4, 0.5) is 13.2 Å². The first-order chi connectivity index (χ1) is 16.3. The van der Waals surface area contributed by atoms with Gasteiger partial charge in [0.05, 0.1) is 22.4 Å². The van der Waals surface area contributed by atoms with Gasteiger partial charge >= 0.3 is 24.1 Å². The second kappa shape index (κ2) is 13.0. The number of ether oxygens (including phenoxy) is 1. The number of benzene rings is 2. The molecule has 0 aliphatic carbocycles. The first-order valence-corrected chi connectivity index (χ1v) is 10.3. The lowest BCUT2D eigenvalue weighted by molar-refractivity contribution is -0.192. The predicted octanol–water partition coefficient (Wildman–Crippen LogP) is 2.98. The Morgan fingerprint density at radius 2 is 1.66 bits per heavy atom. The summed E-state index contributed by atoms with van der Waals surface area (Å²) in [5, 5.41) is 15.9. The smallest absolute Gasteiger partial charge is 0.480 e. The quantitative estimate of drug-likeness (QED) is 0.371. The molecule has 188 valence electrons. The van der Waals surface area contributed by atoms with Crippen molar-refractivity contribution in [3.8, 4) is 0 Å². The second-order valence-corrected chi connectivity index (χ2v) is 7.35. The molecule has 2 aromatic carbocycles. The fraction of sp³-hybridized carbons (Fsp3) is 0.190. The van der Waals surface area contributed by atoms with E-state index in [1.54, 1.807) is 49.4 Å². The lowest BCUT2D eigenvalue weighted by Crippen LogP contribution is -2.21. The molecule has 0 bridgehead atoms. The lowest BCUT2D eigenvalue weighted by atomic mass is 10.1. The molecule has 10 nitrogen and oxygen atoms in total. The molecule has 0 aliphatic heterocycles. The highest BCUT2D eigenvalue weighted by molar-refractivity contribution is 7.20. The predicted molar refractivity (Wildman–Crippen MR) is 119 cm³/mol. The van der Waals surface area contributed by atoms with Gasteiger partial charge in [-0.1, -0.05) is 30.3 Å². The number of rotatable bonds is 5. The number of halogens is 3. The van der Waals surface area contributed by atoms with E-state index < -0.39 is 30.1 Å². The molecule has 0 saturated heterocycles. The Bertz CT molecular complexity index is 1180. The number of hydrogen-bond acceptors (Lipinski definition) is 8. The molecule has 1 atom stereocenters. The Morgan fingerprint density at radius 1 is 1.09 bits per heavy atom. The van der Waals surface area contributed by atoms with Crippen LogP contribution in [0.25, 0.3) is 10.2 Å². The van der Waals surface area contributed by atoms with E-state index in [1.807, 2.05) is 6.07 Å². The highest BCUT2D eigenvalue weighted by Crippen LogP contribution is 2.23. The number of alkyl halides is 3. The number of carbonyl (C=O) groups is 4. The molecule has 0 aliphatic rings. The molecule has 35 heavy (non-hydrogen) atoms. The maximum absolute atomic E-state index is 11.5. The summed E-state index contributed by atoms with van der Waals surface area (Å²) in [6.45, 7) is 2.07. The Morgan fingerprint density at radius 3 is 2.11 bits per heavy atom. The fourth-order valence-corrected chi connectivity index (χ4v) is 3.03. The highest BCUT2D eigenvalue weighted by Gasteiger charge is 2.38. The average molecular weight is 515 g/mol. The van der Waals surface area contributed by atoms with Crippen molar-refractivity contribution in [3.05, 3.63) is 64.7 Å². The standard InChI is InChI=1S/C11H10N2O3S.C8H9NO2.C2HF3O2/c1-2-16-11(15)6-3-4-7-8(5-6)17-10(13-7)9(12)14;9-7(8(10)11)6-4-2-1-3-5-6;3-2(4,5)1(6)7/h3-5H,2H2,1H3,(H2,12,14);1-5,7H,9H2,(H,10,11);(H,6,7)/t;7-;/m.0./s1. The van der Waals surface area contributed by atoms with Gasteiger partial charge in [-0.15, -0.1) is 11.3 Å². The number of hydrogen-bond donors (Lipinski definition) is 4. The van der Waals surface area contributed by atoms with E-state index in [2.05, 4.69) is 4.98 Å². The maximum atomic E-state index is 11.5. The van der Waals surface area contributed by atoms with Gasteiger partial charge in [0.15, 0.2) is 5.01 Å². The SMILES string of the molecule is CCOC(=O)c1ccc2nc(C(N)=O)sc2c1.N[C@H](C(=O)O)c1ccccc1.O=C(O)C(F)(F)F. The molecule has 1 aromatic heterocycles. The fourth-order valence-electron chi connectivity index (χ4n) is 2.17. The van der Waals surface area contributed by atoms with Crippen LogP contribution in [0, 0.1) is 0 Å². The van der Waals surface area contributed by atoms with Crippen LogP contribution >= 0.6 is 11.3 Å². The number of thiazole rings is 1. The van der Waals surface area contributed by atoms with Gasteiger partial charge in [0.2, 0.25) is 0 Å². The zero-order valence-corrected chi connectivity index (χ0v) is 18.8. The topological polar surface area (TPSA) is 183 Å². The van der Waals surface area contributed by atoms with Crippen molar-refractivity contribution >= 4 is 45.4 Å². The third-order valence-electron chi connectivity index (χ3n) is 3.78. The van der Waals surface area contributed by atoms with Gasteiger partial charge in [-0.3, -0.25) is 9.59 Å². The summed E-state index contributed by atoms with van der Waals surface area (Å²) in [5.74, 6) is -4.71. The van der Waals surface area contributed by atoms with Gasteiger partial charge < -0.3 is 26.4 Å². The monoisotopic (exact) mass is 515 g/mol. The Balaban J connectivity index is 0.000000293. The minimum Gasteiger partial charge on any atom is -0.480 e. The Hall–Kier alpha value is -4.04. The molecular formula is C21H20F3N3O7S. The van der Waals surface area contributed by atoms with Crippen LogP contribution in [-0.2, 0) is 14.3 Å². The largest absolute Gasteiger partial charge is 0.490 e. The van der Waals surface area contributed by atoms with Gasteiger partial charge in [0.25, 0.3) is 5.91 Å². The minimum absolute atomic E-state index is 0.237. The number of esters is 1. The van der Waals surface area contributed by atoms with Crippen LogP contribution in [0.3, 0.4) is 0 Å². The number of fused-ring (bicyclic) bond motifs is 1. The number of aromatic nitrogens is 1. The van der Waals surface area contributed by atoms with Crippen molar-refractivity contribution in [2.45, 2.75) is 19.1 Å². The van der Waals surface area contributed by atoms with Gasteiger partial charge in [0, 0.05) is 0 Å². The van der Waals surface area contributed by atoms with E-state index in [1.165, 1.54) is 0 Å². The van der Waals surface area contributed by atoms with Crippen LogP contribution in [0.2, 0.25) is 0 Å². The molecular weight excluding hydrogens is 495 g/mol. The van der Waals surface area contributed by atoms with Crippen LogP contribution in [0.5, 0.6) is 0 Å². The number of aliphatic carboxylic acids is 2. The lowest BCUT2D eigenvalue weighted by Gasteiger charge is -2.04. The molecule has 0 fully saturated rings. The van der Waals surface area contributed by atoms with Crippen molar-refractivity contribution in [2.24, 2.45) is 11.5 Å². The molecule has 0 spiro atoms. The van der Waals surface area contributed by atoms with E-state index >= 15 is 0 Å². The molecule has 0 unspecified atom stereocenters. The zero-order valence-electron chi connectivity index (χ0n) is 18.0. The van der Waals surface area contributed by atoms with E-state index in [0.717, 1.165) is 16.0 Å². The average Bonchev–Trinajstić information content (AvgIpc) is 3.23. The van der Waals surface area contributed by atoms with Crippen molar-refractivity contribution in [3.63, 3.8) is 0 Å². The van der Waals surface area contributed by atoms with E-state index in [9.17, 15) is 27.6 Å². The third-order valence-corrected chi connectivity index (χ3v) is 4.81. The summed E-state index contributed by atoms with van der Waals surface area (Å²) in [5.41, 5.74) is 12.2. The van der Waals surface area contributed by atoms with E-state index in [-0.39, 0.29) is 11.0 Å². The Labute approximate surface area is 199 Å². The molecule has 3 aromatic rings. The zero-order chi connectivity index (χ0) is 26.8. The molecule has 1 amide bonds. The molecule has 0 saturated carbocycles. The summed E-state index contributed by atoms with van der Waals surface area (Å²) >= 11 is 1.16. The van der Waals surface area contributed by atoms with Crippen molar-refractivity contribution in [1.29, 1.82) is 0 Å². The summed E-state index contributed by atoms with van der Waals surface area (Å²) in [6, 6.07) is 12.8. The summed E-state index contributed by atoms with van der Waals surface area (Å²) in [7, 11) is 0. The summed E-state index contributed by atoms with van der Waals surface area (Å²) < 4.78 is 37.4. The van der Waals surface area contributed by atoms with Gasteiger partial charge in [-0.25, -0.2) is 14.6 Å². The van der Waals surface area contributed by atoms with Gasteiger partial charge in [-0.2, -0.15) is 13.2 Å². The van der Waals surface area contributed by atoms with Crippen molar-refractivity contribution < 1.29 is 47.3 Å². The number of primary amides is 1. The van der Waals surface area contributed by atoms with Gasteiger partial charge in [0.1, 0.15) is 6.04 Å². The maximum Gasteiger partial charge on any atom is 0.490 e. The molecule has 1 heterocycles. The normalized spacial score (nSPS) is 11.2. The second-order valence-electron chi connectivity index (χ2n) is 6.32. The summed E-state index contributed by atoms with van der Waals surface area (Å²) in [6.07, 6.45) is -5.08. The number of carboxylic acids is 2. The number of nitrogens with zero attached hydrogens (tertiary/aromatic N) is 1. The van der Waals surface area contributed by atoms with Crippen LogP contribution in [-0.4, -0.2) is 51.8 Å². The number of carbonyl (C=O) groups excluding carboxylic acids is 2. The van der Waals surface area contributed by atoms with E-state index in [4.69, 9.17) is 31.2 Å². The third kappa shape index (κ3) is 9.38. The number of amides is 1.